The van der Waals surface area contributed by atoms with Crippen molar-refractivity contribution in [1.29, 1.82) is 10.8 Å². The van der Waals surface area contributed by atoms with Crippen LogP contribution in [-0.2, 0) is 9.59 Å². The quantitative estimate of drug-likeness (QED) is 0.474. The van der Waals surface area contributed by atoms with Gasteiger partial charge < -0.3 is 0 Å². The van der Waals surface area contributed by atoms with Gasteiger partial charge in [-0.15, -0.1) is 0 Å². The second-order valence-electron chi connectivity index (χ2n) is 3.68. The van der Waals surface area contributed by atoms with Gasteiger partial charge in [0.15, 0.2) is 0 Å². The van der Waals surface area contributed by atoms with Crippen molar-refractivity contribution < 1.29 is 9.59 Å². The molecule has 0 atom stereocenters. The maximum Gasteiger partial charge on any atom is 0.231 e. The van der Waals surface area contributed by atoms with E-state index in [1.165, 1.54) is 12.0 Å². The third-order valence-corrected chi connectivity index (χ3v) is 1.75. The lowest BCUT2D eigenvalue weighted by Gasteiger charge is -2.21. The molecular weight excluding hydrogens is 192 g/mol. The zero-order valence-electron chi connectivity index (χ0n) is 9.26. The molecule has 1 aliphatic rings. The summed E-state index contributed by atoms with van der Waals surface area (Å²) in [7, 11) is 0. The molecule has 0 saturated heterocycles. The molecule has 1 rings (SSSR count). The molecule has 0 aromatic rings. The number of isocyanates is 2. The topological polar surface area (TPSA) is 81.8 Å². The Bertz CT molecular complexity index is 291. The van der Waals surface area contributed by atoms with E-state index in [0.717, 1.165) is 12.2 Å². The highest BCUT2D eigenvalue weighted by atomic mass is 16.1. The summed E-state index contributed by atoms with van der Waals surface area (Å²) in [6.07, 6.45) is 9.46. The number of hydrogen-bond acceptors (Lipinski definition) is 4. The van der Waals surface area contributed by atoms with E-state index < -0.39 is 0 Å². The second kappa shape index (κ2) is 8.82. The normalized spacial score (nSPS) is 15.3. The highest BCUT2D eigenvalue weighted by Crippen LogP contribution is 2.27. The van der Waals surface area contributed by atoms with Crippen LogP contribution in [-0.4, -0.2) is 12.2 Å². The lowest BCUT2D eigenvalue weighted by Crippen LogP contribution is -2.07. The standard InChI is InChI=1S/C9H14.2CHNO/c1-8-4-6-9(2,3)7-5-8;2*2-1-3/h4-6H,7H2,1-3H3;2*2H. The average molecular weight is 208 g/mol. The van der Waals surface area contributed by atoms with E-state index in [1.54, 1.807) is 0 Å². The molecule has 82 valence electrons. The third kappa shape index (κ3) is 12.2. The molecule has 0 fully saturated rings. The van der Waals surface area contributed by atoms with Gasteiger partial charge in [0.05, 0.1) is 0 Å². The predicted octanol–water partition coefficient (Wildman–Crippen LogP) is 2.72. The van der Waals surface area contributed by atoms with E-state index in [2.05, 4.69) is 39.0 Å². The summed E-state index contributed by atoms with van der Waals surface area (Å²) >= 11 is 0. The highest BCUT2D eigenvalue weighted by Gasteiger charge is 2.13. The summed E-state index contributed by atoms with van der Waals surface area (Å²) in [5, 5.41) is 10.8. The lowest BCUT2D eigenvalue weighted by molar-refractivity contribution is 0.482. The Morgan fingerprint density at radius 2 is 1.67 bits per heavy atom. The zero-order valence-corrected chi connectivity index (χ0v) is 9.26. The average Bonchev–Trinajstić information content (AvgIpc) is 2.13. The maximum absolute atomic E-state index is 8.35. The minimum Gasteiger partial charge on any atom is -0.222 e. The SMILES string of the molecule is CC1=CCC(C)(C)C=C1.N=C=O.N=C=O. The van der Waals surface area contributed by atoms with Gasteiger partial charge in [-0.25, -0.2) is 20.4 Å². The Hall–Kier alpha value is -1.76. The molecule has 0 radical (unpaired) electrons. The highest BCUT2D eigenvalue weighted by molar-refractivity contribution is 5.26. The number of nitrogens with one attached hydrogen (secondary N) is 2. The van der Waals surface area contributed by atoms with Crippen LogP contribution in [0.4, 0.5) is 0 Å². The van der Waals surface area contributed by atoms with Gasteiger partial charge in [-0.2, -0.15) is 0 Å². The summed E-state index contributed by atoms with van der Waals surface area (Å²) in [6.45, 7) is 6.66. The van der Waals surface area contributed by atoms with Crippen molar-refractivity contribution in [2.45, 2.75) is 27.2 Å². The summed E-state index contributed by atoms with van der Waals surface area (Å²) < 4.78 is 0. The minimum absolute atomic E-state index is 0.402. The molecule has 2 N–H and O–H groups in total. The maximum atomic E-state index is 8.35. The smallest absolute Gasteiger partial charge is 0.222 e. The number of rotatable bonds is 0. The van der Waals surface area contributed by atoms with Crippen molar-refractivity contribution in [3.05, 3.63) is 23.8 Å². The molecule has 0 heterocycles. The van der Waals surface area contributed by atoms with Gasteiger partial charge in [-0.1, -0.05) is 37.6 Å². The minimum atomic E-state index is 0.402. The fourth-order valence-electron chi connectivity index (χ4n) is 0.917. The Kier molecular flexibility index (Phi) is 9.23. The summed E-state index contributed by atoms with van der Waals surface area (Å²) in [5.74, 6) is 0. The molecule has 0 bridgehead atoms. The first-order valence-electron chi connectivity index (χ1n) is 4.37. The lowest BCUT2D eigenvalue weighted by atomic mass is 9.84. The van der Waals surface area contributed by atoms with Crippen LogP contribution < -0.4 is 0 Å². The largest absolute Gasteiger partial charge is 0.231 e. The van der Waals surface area contributed by atoms with Crippen LogP contribution in [0.15, 0.2) is 23.8 Å². The van der Waals surface area contributed by atoms with Crippen LogP contribution in [0.5, 0.6) is 0 Å². The van der Waals surface area contributed by atoms with Gasteiger partial charge in [-0.3, -0.25) is 0 Å². The van der Waals surface area contributed by atoms with Crippen LogP contribution in [0.2, 0.25) is 0 Å². The Labute approximate surface area is 89.7 Å². The van der Waals surface area contributed by atoms with Crippen LogP contribution in [0, 0.1) is 16.2 Å². The van der Waals surface area contributed by atoms with E-state index in [-0.39, 0.29) is 0 Å². The van der Waals surface area contributed by atoms with Gasteiger partial charge in [0.25, 0.3) is 0 Å². The molecule has 0 aliphatic heterocycles. The van der Waals surface area contributed by atoms with Gasteiger partial charge in [-0.05, 0) is 18.8 Å². The number of carbonyl (C=O) groups excluding carboxylic acids is 2. The fourth-order valence-corrected chi connectivity index (χ4v) is 0.917. The molecule has 1 aliphatic carbocycles. The Balaban J connectivity index is 0. The van der Waals surface area contributed by atoms with Crippen molar-refractivity contribution in [2.75, 3.05) is 0 Å². The van der Waals surface area contributed by atoms with Crippen molar-refractivity contribution in [1.82, 2.24) is 0 Å². The van der Waals surface area contributed by atoms with Crippen LogP contribution in [0.1, 0.15) is 27.2 Å². The van der Waals surface area contributed by atoms with Crippen LogP contribution >= 0.6 is 0 Å². The zero-order chi connectivity index (χ0) is 12.3. The number of allylic oxidation sites excluding steroid dienone is 4. The summed E-state index contributed by atoms with van der Waals surface area (Å²) in [6, 6.07) is 0. The van der Waals surface area contributed by atoms with Crippen LogP contribution in [0.3, 0.4) is 0 Å². The first kappa shape index (κ1) is 15.7. The number of hydrogen-bond donors (Lipinski definition) is 2. The molecule has 15 heavy (non-hydrogen) atoms. The van der Waals surface area contributed by atoms with E-state index in [1.807, 2.05) is 0 Å². The molecule has 0 saturated carbocycles. The molecule has 4 heteroatoms. The molecule has 0 aromatic heterocycles. The van der Waals surface area contributed by atoms with Gasteiger partial charge in [0.2, 0.25) is 12.2 Å². The molecular formula is C11H16N2O2. The molecule has 4 nitrogen and oxygen atoms in total. The summed E-state index contributed by atoms with van der Waals surface area (Å²) in [4.78, 5) is 16.7. The van der Waals surface area contributed by atoms with Crippen molar-refractivity contribution in [3.8, 4) is 0 Å². The molecule has 0 amide bonds. The van der Waals surface area contributed by atoms with Crippen molar-refractivity contribution >= 4 is 12.2 Å². The first-order valence-corrected chi connectivity index (χ1v) is 4.37. The third-order valence-electron chi connectivity index (χ3n) is 1.75. The second-order valence-corrected chi connectivity index (χ2v) is 3.68. The van der Waals surface area contributed by atoms with E-state index in [9.17, 15) is 0 Å². The van der Waals surface area contributed by atoms with E-state index >= 15 is 0 Å². The van der Waals surface area contributed by atoms with E-state index in [4.69, 9.17) is 20.4 Å². The Morgan fingerprint density at radius 3 is 1.87 bits per heavy atom. The fraction of sp³-hybridized carbons (Fsp3) is 0.455. The van der Waals surface area contributed by atoms with Crippen molar-refractivity contribution in [2.24, 2.45) is 5.41 Å². The predicted molar refractivity (Wildman–Crippen MR) is 58.1 cm³/mol. The van der Waals surface area contributed by atoms with Gasteiger partial charge in [0.1, 0.15) is 0 Å². The Morgan fingerprint density at radius 1 is 1.27 bits per heavy atom. The first-order chi connectivity index (χ1) is 6.93. The summed E-state index contributed by atoms with van der Waals surface area (Å²) in [5.41, 5.74) is 1.80. The molecule has 0 unspecified atom stereocenters. The molecule has 0 spiro atoms. The van der Waals surface area contributed by atoms with Gasteiger partial charge >= 0.3 is 0 Å². The monoisotopic (exact) mass is 208 g/mol. The van der Waals surface area contributed by atoms with Crippen molar-refractivity contribution in [3.63, 3.8) is 0 Å². The van der Waals surface area contributed by atoms with E-state index in [0.29, 0.717) is 5.41 Å². The molecule has 0 aromatic carbocycles. The van der Waals surface area contributed by atoms with Gasteiger partial charge in [0, 0.05) is 0 Å². The van der Waals surface area contributed by atoms with Crippen LogP contribution in [0.25, 0.3) is 0 Å².